The molecule has 0 saturated carbocycles. The van der Waals surface area contributed by atoms with Gasteiger partial charge in [-0.3, -0.25) is 0 Å². The van der Waals surface area contributed by atoms with E-state index in [9.17, 15) is 4.79 Å². The maximum atomic E-state index is 11.9. The third-order valence-electron chi connectivity index (χ3n) is 3.76. The van der Waals surface area contributed by atoms with Crippen molar-refractivity contribution in [3.63, 3.8) is 0 Å². The summed E-state index contributed by atoms with van der Waals surface area (Å²) in [6.45, 7) is 4.32. The highest BCUT2D eigenvalue weighted by atomic mass is 16.5. The zero-order valence-electron chi connectivity index (χ0n) is 15.4. The monoisotopic (exact) mass is 356 g/mol. The molecule has 0 atom stereocenters. The quantitative estimate of drug-likeness (QED) is 0.579. The lowest BCUT2D eigenvalue weighted by atomic mass is 10.2. The normalized spacial score (nSPS) is 10.3. The maximum absolute atomic E-state index is 11.9. The molecule has 0 heterocycles. The molecule has 5 nitrogen and oxygen atoms in total. The van der Waals surface area contributed by atoms with Crippen LogP contribution in [0.4, 0.5) is 10.5 Å². The second-order valence-corrected chi connectivity index (χ2v) is 6.00. The molecule has 0 aromatic heterocycles. The van der Waals surface area contributed by atoms with Crippen LogP contribution in [0.3, 0.4) is 0 Å². The van der Waals surface area contributed by atoms with Gasteiger partial charge in [-0.1, -0.05) is 50.1 Å². The van der Waals surface area contributed by atoms with Crippen molar-refractivity contribution in [3.05, 3.63) is 60.2 Å². The highest BCUT2D eigenvalue weighted by Crippen LogP contribution is 2.12. The topological polar surface area (TPSA) is 59.6 Å². The molecule has 2 aromatic carbocycles. The second-order valence-electron chi connectivity index (χ2n) is 6.00. The molecule has 2 aromatic rings. The molecule has 2 N–H and O–H groups in total. The van der Waals surface area contributed by atoms with E-state index in [1.54, 1.807) is 0 Å². The number of carbonyl (C=O) groups is 1. The fraction of sp³-hybridized carbons (Fsp3) is 0.381. The van der Waals surface area contributed by atoms with Crippen LogP contribution in [0, 0.1) is 0 Å². The van der Waals surface area contributed by atoms with Crippen LogP contribution in [0.5, 0.6) is 5.75 Å². The van der Waals surface area contributed by atoms with Gasteiger partial charge in [0.2, 0.25) is 0 Å². The third-order valence-corrected chi connectivity index (χ3v) is 3.76. The van der Waals surface area contributed by atoms with Crippen molar-refractivity contribution in [2.45, 2.75) is 32.8 Å². The van der Waals surface area contributed by atoms with Crippen molar-refractivity contribution >= 4 is 11.7 Å². The average Bonchev–Trinajstić information content (AvgIpc) is 2.66. The van der Waals surface area contributed by atoms with Gasteiger partial charge in [-0.25, -0.2) is 4.79 Å². The Labute approximate surface area is 155 Å². The Bertz CT molecular complexity index is 647. The van der Waals surface area contributed by atoms with Gasteiger partial charge in [0.1, 0.15) is 12.4 Å². The molecular weight excluding hydrogens is 328 g/mol. The first-order valence-electron chi connectivity index (χ1n) is 9.17. The lowest BCUT2D eigenvalue weighted by molar-refractivity contribution is 0.0889. The number of urea groups is 1. The SMILES string of the molecule is CCCCCNC(=O)Nc1cccc(COCCOc2ccccc2)c1. The summed E-state index contributed by atoms with van der Waals surface area (Å²) < 4.78 is 11.2. The smallest absolute Gasteiger partial charge is 0.319 e. The standard InChI is InChI=1S/C21H28N2O3/c1-2-3-7-13-22-21(24)23-19-10-8-9-18(16-19)17-25-14-15-26-20-11-5-4-6-12-20/h4-6,8-12,16H,2-3,7,13-15,17H2,1H3,(H2,22,23,24). The fourth-order valence-corrected chi connectivity index (χ4v) is 2.42. The first-order chi connectivity index (χ1) is 12.8. The number of hydrogen-bond acceptors (Lipinski definition) is 3. The van der Waals surface area contributed by atoms with E-state index in [0.717, 1.165) is 36.3 Å². The van der Waals surface area contributed by atoms with Gasteiger partial charge in [0, 0.05) is 12.2 Å². The number of para-hydroxylation sites is 1. The average molecular weight is 356 g/mol. The number of unbranched alkanes of at least 4 members (excludes halogenated alkanes) is 2. The van der Waals surface area contributed by atoms with Crippen LogP contribution in [-0.4, -0.2) is 25.8 Å². The van der Waals surface area contributed by atoms with Crippen LogP contribution >= 0.6 is 0 Å². The molecule has 0 aliphatic carbocycles. The van der Waals surface area contributed by atoms with Gasteiger partial charge in [-0.15, -0.1) is 0 Å². The van der Waals surface area contributed by atoms with Crippen molar-refractivity contribution in [3.8, 4) is 5.75 Å². The molecule has 2 amide bonds. The van der Waals surface area contributed by atoms with Crippen LogP contribution in [0.1, 0.15) is 31.7 Å². The van der Waals surface area contributed by atoms with Crippen LogP contribution in [0.15, 0.2) is 54.6 Å². The zero-order chi connectivity index (χ0) is 18.5. The predicted molar refractivity (Wildman–Crippen MR) is 105 cm³/mol. The van der Waals surface area contributed by atoms with Crippen molar-refractivity contribution in [2.24, 2.45) is 0 Å². The second kappa shape index (κ2) is 11.9. The minimum absolute atomic E-state index is 0.171. The number of hydrogen-bond donors (Lipinski definition) is 2. The number of anilines is 1. The largest absolute Gasteiger partial charge is 0.491 e. The lowest BCUT2D eigenvalue weighted by Gasteiger charge is -2.10. The summed E-state index contributed by atoms with van der Waals surface area (Å²) in [7, 11) is 0. The van der Waals surface area contributed by atoms with Gasteiger partial charge >= 0.3 is 6.03 Å². The van der Waals surface area contributed by atoms with E-state index in [1.165, 1.54) is 0 Å². The fourth-order valence-electron chi connectivity index (χ4n) is 2.42. The molecule has 0 radical (unpaired) electrons. The number of rotatable bonds is 11. The van der Waals surface area contributed by atoms with E-state index < -0.39 is 0 Å². The first-order valence-corrected chi connectivity index (χ1v) is 9.17. The molecule has 5 heteroatoms. The van der Waals surface area contributed by atoms with E-state index in [2.05, 4.69) is 17.6 Å². The van der Waals surface area contributed by atoms with Gasteiger partial charge in [0.15, 0.2) is 0 Å². The highest BCUT2D eigenvalue weighted by Gasteiger charge is 2.02. The molecule has 0 unspecified atom stereocenters. The van der Waals surface area contributed by atoms with E-state index in [-0.39, 0.29) is 6.03 Å². The first kappa shape index (κ1) is 19.8. The van der Waals surface area contributed by atoms with Gasteiger partial charge < -0.3 is 20.1 Å². The van der Waals surface area contributed by atoms with Crippen molar-refractivity contribution < 1.29 is 14.3 Å². The summed E-state index contributed by atoms with van der Waals surface area (Å²) in [5.74, 6) is 0.840. The van der Waals surface area contributed by atoms with E-state index in [4.69, 9.17) is 9.47 Å². The minimum Gasteiger partial charge on any atom is -0.491 e. The molecule has 0 fully saturated rings. The van der Waals surface area contributed by atoms with Crippen LogP contribution in [0.2, 0.25) is 0 Å². The zero-order valence-corrected chi connectivity index (χ0v) is 15.4. The Balaban J connectivity index is 1.65. The van der Waals surface area contributed by atoms with Crippen LogP contribution < -0.4 is 15.4 Å². The number of ether oxygens (including phenoxy) is 2. The third kappa shape index (κ3) is 8.03. The summed E-state index contributed by atoms with van der Waals surface area (Å²) >= 11 is 0. The van der Waals surface area contributed by atoms with Crippen molar-refractivity contribution in [2.75, 3.05) is 25.1 Å². The molecule has 0 saturated heterocycles. The molecule has 0 aliphatic rings. The maximum Gasteiger partial charge on any atom is 0.319 e. The molecule has 26 heavy (non-hydrogen) atoms. The van der Waals surface area contributed by atoms with Gasteiger partial charge in [0.25, 0.3) is 0 Å². The Hall–Kier alpha value is -2.53. The van der Waals surface area contributed by atoms with Gasteiger partial charge in [-0.05, 0) is 36.2 Å². The Morgan fingerprint density at radius 3 is 2.65 bits per heavy atom. The molecule has 2 rings (SSSR count). The lowest BCUT2D eigenvalue weighted by Crippen LogP contribution is -2.29. The van der Waals surface area contributed by atoms with E-state index in [1.807, 2.05) is 54.6 Å². The summed E-state index contributed by atoms with van der Waals surface area (Å²) in [6, 6.07) is 17.2. The minimum atomic E-state index is -0.171. The van der Waals surface area contributed by atoms with Gasteiger partial charge in [-0.2, -0.15) is 0 Å². The Kier molecular flexibility index (Phi) is 9.08. The highest BCUT2D eigenvalue weighted by molar-refractivity contribution is 5.89. The Morgan fingerprint density at radius 2 is 1.85 bits per heavy atom. The van der Waals surface area contributed by atoms with Crippen molar-refractivity contribution in [1.82, 2.24) is 5.32 Å². The van der Waals surface area contributed by atoms with Crippen LogP contribution in [-0.2, 0) is 11.3 Å². The van der Waals surface area contributed by atoms with E-state index in [0.29, 0.717) is 26.4 Å². The van der Waals surface area contributed by atoms with Crippen LogP contribution in [0.25, 0.3) is 0 Å². The molecular formula is C21H28N2O3. The summed E-state index contributed by atoms with van der Waals surface area (Å²) in [6.07, 6.45) is 3.27. The summed E-state index contributed by atoms with van der Waals surface area (Å²) in [5.41, 5.74) is 1.77. The summed E-state index contributed by atoms with van der Waals surface area (Å²) in [5, 5.41) is 5.72. The van der Waals surface area contributed by atoms with E-state index >= 15 is 0 Å². The number of carbonyl (C=O) groups excluding carboxylic acids is 1. The number of nitrogens with one attached hydrogen (secondary N) is 2. The molecule has 0 bridgehead atoms. The Morgan fingerprint density at radius 1 is 1.00 bits per heavy atom. The predicted octanol–water partition coefficient (Wildman–Crippen LogP) is 4.59. The van der Waals surface area contributed by atoms with Crippen molar-refractivity contribution in [1.29, 1.82) is 0 Å². The molecule has 0 spiro atoms. The number of benzene rings is 2. The molecule has 140 valence electrons. The summed E-state index contributed by atoms with van der Waals surface area (Å²) in [4.78, 5) is 11.9. The number of amides is 2. The molecule has 0 aliphatic heterocycles. The van der Waals surface area contributed by atoms with Gasteiger partial charge in [0.05, 0.1) is 13.2 Å².